The highest BCUT2D eigenvalue weighted by Gasteiger charge is 2.11. The molecule has 0 aliphatic rings. The first-order valence-corrected chi connectivity index (χ1v) is 5.31. The second-order valence-electron chi connectivity index (χ2n) is 2.24. The van der Waals surface area contributed by atoms with E-state index in [9.17, 15) is 0 Å². The Labute approximate surface area is 88.0 Å². The predicted octanol–water partition coefficient (Wildman–Crippen LogP) is 2.38. The summed E-state index contributed by atoms with van der Waals surface area (Å²) < 4.78 is 0. The molecule has 0 spiro atoms. The van der Waals surface area contributed by atoms with Crippen molar-refractivity contribution in [1.29, 1.82) is 0 Å². The van der Waals surface area contributed by atoms with Crippen molar-refractivity contribution < 1.29 is 0 Å². The Morgan fingerprint density at radius 3 is 2.77 bits per heavy atom. The molecule has 0 amide bonds. The Hall–Kier alpha value is -0.520. The van der Waals surface area contributed by atoms with Crippen molar-refractivity contribution >= 4 is 46.0 Å². The standard InChI is InChI=1S/C6H4Cl2N4S/c1-13-5-2-3(7)11-12-4(2)9-6(8)10-5/h1H3,(H,9,10,11,12). The van der Waals surface area contributed by atoms with E-state index in [4.69, 9.17) is 23.2 Å². The van der Waals surface area contributed by atoms with Gasteiger partial charge in [-0.2, -0.15) is 10.1 Å². The number of aromatic amines is 1. The van der Waals surface area contributed by atoms with Crippen LogP contribution in [0, 0.1) is 0 Å². The highest BCUT2D eigenvalue weighted by molar-refractivity contribution is 7.98. The molecule has 0 saturated carbocycles. The fraction of sp³-hybridized carbons (Fsp3) is 0.167. The third-order valence-corrected chi connectivity index (χ3v) is 2.63. The Morgan fingerprint density at radius 2 is 2.08 bits per heavy atom. The van der Waals surface area contributed by atoms with Crippen LogP contribution in [-0.4, -0.2) is 26.4 Å². The lowest BCUT2D eigenvalue weighted by molar-refractivity contribution is 1.07. The Balaban J connectivity index is 2.85. The monoisotopic (exact) mass is 234 g/mol. The largest absolute Gasteiger partial charge is 0.264 e. The van der Waals surface area contributed by atoms with Crippen LogP contribution in [0.5, 0.6) is 0 Å². The minimum absolute atomic E-state index is 0.181. The molecule has 0 fully saturated rings. The van der Waals surface area contributed by atoms with E-state index in [1.54, 1.807) is 0 Å². The van der Waals surface area contributed by atoms with E-state index in [0.29, 0.717) is 10.8 Å². The molecule has 0 saturated heterocycles. The van der Waals surface area contributed by atoms with E-state index in [1.807, 2.05) is 6.26 Å². The molecular weight excluding hydrogens is 231 g/mol. The summed E-state index contributed by atoms with van der Waals surface area (Å²) in [6.07, 6.45) is 1.89. The van der Waals surface area contributed by atoms with Gasteiger partial charge in [0, 0.05) is 0 Å². The third-order valence-electron chi connectivity index (χ3n) is 1.50. The van der Waals surface area contributed by atoms with E-state index in [-0.39, 0.29) is 5.28 Å². The summed E-state index contributed by atoms with van der Waals surface area (Å²) in [5, 5.41) is 8.57. The number of thioether (sulfide) groups is 1. The summed E-state index contributed by atoms with van der Waals surface area (Å²) in [4.78, 5) is 7.94. The SMILES string of the molecule is CSc1nc(Cl)nc2n[nH]c(Cl)c12. The maximum atomic E-state index is 5.85. The Bertz CT molecular complexity index is 455. The lowest BCUT2D eigenvalue weighted by Gasteiger charge is -1.96. The van der Waals surface area contributed by atoms with Crippen molar-refractivity contribution in [2.45, 2.75) is 5.03 Å². The number of nitrogens with zero attached hydrogens (tertiary/aromatic N) is 3. The van der Waals surface area contributed by atoms with Gasteiger partial charge in [-0.15, -0.1) is 11.8 Å². The van der Waals surface area contributed by atoms with Crippen LogP contribution in [0.15, 0.2) is 5.03 Å². The molecule has 68 valence electrons. The first kappa shape index (κ1) is 9.05. The summed E-state index contributed by atoms with van der Waals surface area (Å²) in [6.45, 7) is 0. The zero-order chi connectivity index (χ0) is 9.42. The molecule has 0 aliphatic heterocycles. The van der Waals surface area contributed by atoms with Crippen molar-refractivity contribution in [3.05, 3.63) is 10.4 Å². The van der Waals surface area contributed by atoms with Gasteiger partial charge in [0.1, 0.15) is 10.2 Å². The Kier molecular flexibility index (Phi) is 2.31. The number of rotatable bonds is 1. The van der Waals surface area contributed by atoms with Gasteiger partial charge in [-0.1, -0.05) is 11.6 Å². The van der Waals surface area contributed by atoms with E-state index in [1.165, 1.54) is 11.8 Å². The van der Waals surface area contributed by atoms with Crippen LogP contribution in [0.2, 0.25) is 10.4 Å². The minimum atomic E-state index is 0.181. The number of H-pyrrole nitrogens is 1. The van der Waals surface area contributed by atoms with E-state index in [2.05, 4.69) is 20.2 Å². The van der Waals surface area contributed by atoms with Crippen LogP contribution in [0.3, 0.4) is 0 Å². The second kappa shape index (κ2) is 3.32. The summed E-state index contributed by atoms with van der Waals surface area (Å²) in [6, 6.07) is 0. The molecule has 0 aliphatic carbocycles. The fourth-order valence-corrected chi connectivity index (χ4v) is 2.04. The zero-order valence-electron chi connectivity index (χ0n) is 6.51. The third kappa shape index (κ3) is 1.47. The molecule has 2 aromatic rings. The maximum Gasteiger partial charge on any atom is 0.225 e. The van der Waals surface area contributed by atoms with Gasteiger partial charge < -0.3 is 0 Å². The lowest BCUT2D eigenvalue weighted by Crippen LogP contribution is -1.86. The molecule has 13 heavy (non-hydrogen) atoms. The first-order valence-electron chi connectivity index (χ1n) is 3.33. The van der Waals surface area contributed by atoms with Gasteiger partial charge in [-0.05, 0) is 17.9 Å². The summed E-state index contributed by atoms with van der Waals surface area (Å²) in [5.74, 6) is 0. The normalized spacial score (nSPS) is 11.0. The molecule has 2 rings (SSSR count). The molecule has 7 heteroatoms. The van der Waals surface area contributed by atoms with Crippen molar-refractivity contribution in [3.8, 4) is 0 Å². The van der Waals surface area contributed by atoms with Gasteiger partial charge in [0.2, 0.25) is 5.28 Å². The topological polar surface area (TPSA) is 54.5 Å². The first-order chi connectivity index (χ1) is 6.22. The average Bonchev–Trinajstić information content (AvgIpc) is 2.46. The van der Waals surface area contributed by atoms with Crippen molar-refractivity contribution in [2.24, 2.45) is 0 Å². The molecule has 0 unspecified atom stereocenters. The van der Waals surface area contributed by atoms with Crippen LogP contribution in [0.1, 0.15) is 0 Å². The number of halogens is 2. The second-order valence-corrected chi connectivity index (χ2v) is 3.75. The van der Waals surface area contributed by atoms with Crippen LogP contribution in [0.4, 0.5) is 0 Å². The number of aromatic nitrogens is 4. The van der Waals surface area contributed by atoms with Gasteiger partial charge >= 0.3 is 0 Å². The molecule has 0 aromatic carbocycles. The lowest BCUT2D eigenvalue weighted by atomic mass is 10.4. The number of hydrogen-bond acceptors (Lipinski definition) is 4. The Morgan fingerprint density at radius 1 is 1.31 bits per heavy atom. The number of fused-ring (bicyclic) bond motifs is 1. The van der Waals surface area contributed by atoms with Crippen LogP contribution >= 0.6 is 35.0 Å². The van der Waals surface area contributed by atoms with Gasteiger partial charge in [-0.25, -0.2) is 4.98 Å². The zero-order valence-corrected chi connectivity index (χ0v) is 8.83. The minimum Gasteiger partial charge on any atom is -0.264 e. The molecule has 0 bridgehead atoms. The molecule has 1 N–H and O–H groups in total. The van der Waals surface area contributed by atoms with Gasteiger partial charge in [0.25, 0.3) is 0 Å². The van der Waals surface area contributed by atoms with Gasteiger partial charge in [0.05, 0.1) is 5.39 Å². The van der Waals surface area contributed by atoms with Gasteiger partial charge in [0.15, 0.2) is 5.65 Å². The van der Waals surface area contributed by atoms with Crippen molar-refractivity contribution in [1.82, 2.24) is 20.2 Å². The summed E-state index contributed by atoms with van der Waals surface area (Å²) in [7, 11) is 0. The number of nitrogens with one attached hydrogen (secondary N) is 1. The average molecular weight is 235 g/mol. The predicted molar refractivity (Wildman–Crippen MR) is 53.5 cm³/mol. The molecule has 2 aromatic heterocycles. The van der Waals surface area contributed by atoms with Gasteiger partial charge in [-0.3, -0.25) is 5.10 Å². The van der Waals surface area contributed by atoms with Crippen LogP contribution in [-0.2, 0) is 0 Å². The van der Waals surface area contributed by atoms with Crippen molar-refractivity contribution in [3.63, 3.8) is 0 Å². The number of hydrogen-bond donors (Lipinski definition) is 1. The summed E-state index contributed by atoms with van der Waals surface area (Å²) in [5.41, 5.74) is 0.495. The van der Waals surface area contributed by atoms with E-state index < -0.39 is 0 Å². The molecule has 4 nitrogen and oxygen atoms in total. The summed E-state index contributed by atoms with van der Waals surface area (Å²) >= 11 is 13.0. The van der Waals surface area contributed by atoms with E-state index >= 15 is 0 Å². The smallest absolute Gasteiger partial charge is 0.225 e. The molecular formula is C6H4Cl2N4S. The quantitative estimate of drug-likeness (QED) is 0.468. The van der Waals surface area contributed by atoms with Crippen LogP contribution < -0.4 is 0 Å². The molecule has 0 atom stereocenters. The highest BCUT2D eigenvalue weighted by Crippen LogP contribution is 2.28. The maximum absolute atomic E-state index is 5.85. The van der Waals surface area contributed by atoms with E-state index in [0.717, 1.165) is 10.4 Å². The highest BCUT2D eigenvalue weighted by atomic mass is 35.5. The van der Waals surface area contributed by atoms with Crippen molar-refractivity contribution in [2.75, 3.05) is 6.26 Å². The van der Waals surface area contributed by atoms with Crippen LogP contribution in [0.25, 0.3) is 11.0 Å². The fourth-order valence-electron chi connectivity index (χ4n) is 0.982. The molecule has 2 heterocycles. The molecule has 0 radical (unpaired) electrons.